The van der Waals surface area contributed by atoms with Gasteiger partial charge in [0.05, 0.1) is 0 Å². The van der Waals surface area contributed by atoms with E-state index in [1.807, 2.05) is 18.2 Å². The number of unbranched alkanes of at least 4 members (excludes halogenated alkanes) is 1. The summed E-state index contributed by atoms with van der Waals surface area (Å²) < 4.78 is 2.16. The summed E-state index contributed by atoms with van der Waals surface area (Å²) in [6.07, 6.45) is 8.71. The highest BCUT2D eigenvalue weighted by Gasteiger charge is 2.37. The van der Waals surface area contributed by atoms with Gasteiger partial charge in [0.1, 0.15) is 6.54 Å². The zero-order valence-electron chi connectivity index (χ0n) is 15.4. The fraction of sp³-hybridized carbons (Fsp3) is 0.684. The van der Waals surface area contributed by atoms with Crippen molar-refractivity contribution in [1.82, 2.24) is 10.6 Å². The number of aromatic nitrogens is 1. The third kappa shape index (κ3) is 7.31. The Balaban J connectivity index is 0.00000288. The average molecular weight is 398 g/mol. The van der Waals surface area contributed by atoms with Gasteiger partial charge < -0.3 is 27.6 Å². The number of aryl methyl sites for hydroxylation is 1. The lowest BCUT2D eigenvalue weighted by atomic mass is 9.79. The summed E-state index contributed by atoms with van der Waals surface area (Å²) >= 11 is 0. The van der Waals surface area contributed by atoms with Crippen molar-refractivity contribution >= 4 is 5.91 Å². The predicted octanol–water partition coefficient (Wildman–Crippen LogP) is -0.426. The Bertz CT molecular complexity index is 501. The molecule has 0 radical (unpaired) electrons. The summed E-state index contributed by atoms with van der Waals surface area (Å²) in [5.74, 6) is 0.196. The Labute approximate surface area is 157 Å². The normalized spacial score (nSPS) is 19.3. The van der Waals surface area contributed by atoms with E-state index in [1.165, 1.54) is 0 Å². The van der Waals surface area contributed by atoms with Crippen LogP contribution in [0.25, 0.3) is 0 Å². The summed E-state index contributed by atoms with van der Waals surface area (Å²) in [6.45, 7) is 9.82. The number of nitrogens with zero attached hydrogens (tertiary/aromatic N) is 1. The molecule has 4 nitrogen and oxygen atoms in total. The third-order valence-electron chi connectivity index (χ3n) is 4.40. The Kier molecular flexibility index (Phi) is 7.87. The topological polar surface area (TPSA) is 45.0 Å². The number of rotatable bonds is 6. The lowest BCUT2D eigenvalue weighted by molar-refractivity contribution is -0.697. The number of pyridine rings is 1. The van der Waals surface area contributed by atoms with Crippen LogP contribution in [-0.4, -0.2) is 23.0 Å². The molecule has 1 aromatic heterocycles. The standard InChI is InChI=1S/C19H31N3O.BrH/c1-18(2)14-16(15-19(3,4)21-18)20-17(23)10-6-9-13-22-11-7-5-8-12-22;/h5,7-8,11-12,16,21H,6,9-10,13-15H2,1-4H3;1H. The van der Waals surface area contributed by atoms with Crippen molar-refractivity contribution in [2.24, 2.45) is 0 Å². The van der Waals surface area contributed by atoms with Gasteiger partial charge in [-0.25, -0.2) is 4.57 Å². The summed E-state index contributed by atoms with van der Waals surface area (Å²) in [5.41, 5.74) is 0.146. The second-order valence-corrected chi connectivity index (χ2v) is 8.14. The van der Waals surface area contributed by atoms with Crippen LogP contribution in [0, 0.1) is 0 Å². The van der Waals surface area contributed by atoms with Crippen LogP contribution in [0.15, 0.2) is 30.6 Å². The minimum Gasteiger partial charge on any atom is -1.00 e. The van der Waals surface area contributed by atoms with Gasteiger partial charge in [-0.2, -0.15) is 0 Å². The largest absolute Gasteiger partial charge is 1.00 e. The van der Waals surface area contributed by atoms with Crippen molar-refractivity contribution in [3.05, 3.63) is 30.6 Å². The predicted molar refractivity (Wildman–Crippen MR) is 92.9 cm³/mol. The maximum atomic E-state index is 12.2. The molecule has 5 heteroatoms. The van der Waals surface area contributed by atoms with E-state index in [0.29, 0.717) is 6.42 Å². The molecule has 0 aliphatic carbocycles. The molecular formula is C19H32BrN3O. The monoisotopic (exact) mass is 397 g/mol. The van der Waals surface area contributed by atoms with Gasteiger partial charge in [0.15, 0.2) is 12.4 Å². The second kappa shape index (κ2) is 8.95. The number of nitrogens with one attached hydrogen (secondary N) is 2. The molecule has 2 rings (SSSR count). The zero-order valence-corrected chi connectivity index (χ0v) is 17.0. The van der Waals surface area contributed by atoms with E-state index in [0.717, 1.165) is 32.2 Å². The molecule has 24 heavy (non-hydrogen) atoms. The van der Waals surface area contributed by atoms with E-state index in [9.17, 15) is 4.79 Å². The number of halogens is 1. The zero-order chi connectivity index (χ0) is 16.9. The maximum absolute atomic E-state index is 12.2. The number of amides is 1. The van der Waals surface area contributed by atoms with Crippen LogP contribution in [0.4, 0.5) is 0 Å². The molecule has 2 N–H and O–H groups in total. The van der Waals surface area contributed by atoms with Gasteiger partial charge in [-0.3, -0.25) is 4.79 Å². The SMILES string of the molecule is CC1(C)CC(NC(=O)CCCC[n+]2ccccc2)CC(C)(C)N1.[Br-]. The molecule has 0 atom stereocenters. The molecule has 136 valence electrons. The summed E-state index contributed by atoms with van der Waals surface area (Å²) in [6, 6.07) is 6.37. The van der Waals surface area contributed by atoms with Crippen LogP contribution in [-0.2, 0) is 11.3 Å². The molecule has 1 aromatic rings. The Hall–Kier alpha value is -0.940. The van der Waals surface area contributed by atoms with Crippen molar-refractivity contribution in [1.29, 1.82) is 0 Å². The van der Waals surface area contributed by atoms with Crippen molar-refractivity contribution in [3.63, 3.8) is 0 Å². The van der Waals surface area contributed by atoms with Crippen LogP contribution < -0.4 is 32.2 Å². The van der Waals surface area contributed by atoms with Gasteiger partial charge in [0.25, 0.3) is 0 Å². The van der Waals surface area contributed by atoms with Gasteiger partial charge in [0.2, 0.25) is 5.91 Å². The van der Waals surface area contributed by atoms with Crippen molar-refractivity contribution < 1.29 is 26.3 Å². The van der Waals surface area contributed by atoms with E-state index in [2.05, 4.69) is 55.3 Å². The van der Waals surface area contributed by atoms with E-state index < -0.39 is 0 Å². The molecule has 0 aromatic carbocycles. The maximum Gasteiger partial charge on any atom is 0.220 e. The van der Waals surface area contributed by atoms with Gasteiger partial charge in [-0.1, -0.05) is 6.07 Å². The second-order valence-electron chi connectivity index (χ2n) is 8.14. The van der Waals surface area contributed by atoms with E-state index in [4.69, 9.17) is 0 Å². The van der Waals surface area contributed by atoms with Gasteiger partial charge in [0, 0.05) is 42.1 Å². The minimum absolute atomic E-state index is 0. The van der Waals surface area contributed by atoms with Crippen molar-refractivity contribution in [2.75, 3.05) is 0 Å². The molecule has 1 aliphatic rings. The third-order valence-corrected chi connectivity index (χ3v) is 4.40. The molecule has 0 unspecified atom stereocenters. The van der Waals surface area contributed by atoms with Gasteiger partial charge >= 0.3 is 0 Å². The first kappa shape index (κ1) is 21.1. The van der Waals surface area contributed by atoms with Crippen LogP contribution in [0.2, 0.25) is 0 Å². The highest BCUT2D eigenvalue weighted by Crippen LogP contribution is 2.28. The number of hydrogen-bond acceptors (Lipinski definition) is 2. The molecule has 1 fully saturated rings. The first-order valence-electron chi connectivity index (χ1n) is 8.79. The number of carbonyl (C=O) groups is 1. The molecule has 0 spiro atoms. The Morgan fingerprint density at radius 1 is 1.08 bits per heavy atom. The number of carbonyl (C=O) groups excluding carboxylic acids is 1. The van der Waals surface area contributed by atoms with Gasteiger partial charge in [-0.05, 0) is 47.0 Å². The van der Waals surface area contributed by atoms with Gasteiger partial charge in [-0.15, -0.1) is 0 Å². The summed E-state index contributed by atoms with van der Waals surface area (Å²) in [4.78, 5) is 12.2. The fourth-order valence-corrected chi connectivity index (χ4v) is 3.89. The number of hydrogen-bond donors (Lipinski definition) is 2. The average Bonchev–Trinajstić information content (AvgIpc) is 2.41. The molecule has 1 aliphatic heterocycles. The van der Waals surface area contributed by atoms with Crippen molar-refractivity contribution in [3.8, 4) is 0 Å². The van der Waals surface area contributed by atoms with Crippen LogP contribution >= 0.6 is 0 Å². The van der Waals surface area contributed by atoms with Crippen molar-refractivity contribution in [2.45, 2.75) is 83.5 Å². The highest BCUT2D eigenvalue weighted by molar-refractivity contribution is 5.76. The first-order valence-corrected chi connectivity index (χ1v) is 8.79. The molecule has 0 saturated carbocycles. The highest BCUT2D eigenvalue weighted by atomic mass is 79.9. The van der Waals surface area contributed by atoms with Crippen LogP contribution in [0.3, 0.4) is 0 Å². The van der Waals surface area contributed by atoms with E-state index in [1.54, 1.807) is 0 Å². The number of piperidine rings is 1. The molecule has 1 amide bonds. The lowest BCUT2D eigenvalue weighted by Gasteiger charge is -2.46. The molecular weight excluding hydrogens is 366 g/mol. The lowest BCUT2D eigenvalue weighted by Crippen LogP contribution is -3.00. The summed E-state index contributed by atoms with van der Waals surface area (Å²) in [5, 5.41) is 6.89. The summed E-state index contributed by atoms with van der Waals surface area (Å²) in [7, 11) is 0. The first-order chi connectivity index (χ1) is 10.8. The minimum atomic E-state index is 0. The molecule has 2 heterocycles. The Morgan fingerprint density at radius 3 is 2.25 bits per heavy atom. The van der Waals surface area contributed by atoms with Crippen LogP contribution in [0.5, 0.6) is 0 Å². The quantitative estimate of drug-likeness (QED) is 0.505. The van der Waals surface area contributed by atoms with Crippen LogP contribution in [0.1, 0.15) is 59.8 Å². The fourth-order valence-electron chi connectivity index (χ4n) is 3.89. The van der Waals surface area contributed by atoms with E-state index in [-0.39, 0.29) is 40.0 Å². The smallest absolute Gasteiger partial charge is 0.220 e. The Morgan fingerprint density at radius 2 is 1.67 bits per heavy atom. The molecule has 0 bridgehead atoms. The molecule has 1 saturated heterocycles. The van der Waals surface area contributed by atoms with E-state index >= 15 is 0 Å².